The van der Waals surface area contributed by atoms with Crippen molar-refractivity contribution >= 4 is 22.4 Å². The van der Waals surface area contributed by atoms with Gasteiger partial charge in [0.05, 0.1) is 0 Å². The fourth-order valence-electron chi connectivity index (χ4n) is 1.55. The van der Waals surface area contributed by atoms with Crippen molar-refractivity contribution in [2.75, 3.05) is 5.32 Å². The van der Waals surface area contributed by atoms with Crippen LogP contribution in [0.5, 0.6) is 5.75 Å². The van der Waals surface area contributed by atoms with Crippen LogP contribution in [0.2, 0.25) is 0 Å². The molecule has 76 valence electrons. The summed E-state index contributed by atoms with van der Waals surface area (Å²) in [6.07, 6.45) is 0. The Morgan fingerprint density at radius 2 is 2.07 bits per heavy atom. The molecule has 2 rings (SSSR count). The number of benzene rings is 2. The van der Waals surface area contributed by atoms with Crippen molar-refractivity contribution < 1.29 is 9.90 Å². The van der Waals surface area contributed by atoms with Crippen molar-refractivity contribution in [3.05, 3.63) is 36.4 Å². The average Bonchev–Trinajstić information content (AvgIpc) is 2.17. The third kappa shape index (κ3) is 1.91. The summed E-state index contributed by atoms with van der Waals surface area (Å²) in [7, 11) is 0. The number of fused-ring (bicyclic) bond motifs is 1. The Labute approximate surface area is 87.3 Å². The molecule has 2 N–H and O–H groups in total. The molecule has 0 spiro atoms. The molecule has 0 atom stereocenters. The summed E-state index contributed by atoms with van der Waals surface area (Å²) in [5, 5.41) is 13.9. The van der Waals surface area contributed by atoms with Crippen molar-refractivity contribution in [2.24, 2.45) is 0 Å². The minimum Gasteiger partial charge on any atom is -0.507 e. The molecule has 1 amide bonds. The number of carbonyl (C=O) groups is 1. The van der Waals surface area contributed by atoms with Crippen LogP contribution < -0.4 is 5.32 Å². The molecule has 0 unspecified atom stereocenters. The molecule has 3 nitrogen and oxygen atoms in total. The number of rotatable bonds is 1. The highest BCUT2D eigenvalue weighted by Gasteiger charge is 2.00. The van der Waals surface area contributed by atoms with E-state index in [0.717, 1.165) is 16.5 Å². The Balaban J connectivity index is 2.52. The van der Waals surface area contributed by atoms with Gasteiger partial charge in [0.25, 0.3) is 0 Å². The van der Waals surface area contributed by atoms with Crippen LogP contribution in [-0.2, 0) is 4.79 Å². The summed E-state index contributed by atoms with van der Waals surface area (Å²) in [5.74, 6) is 0.149. The number of anilines is 1. The van der Waals surface area contributed by atoms with E-state index in [1.54, 1.807) is 24.3 Å². The quantitative estimate of drug-likeness (QED) is 0.744. The van der Waals surface area contributed by atoms with E-state index in [4.69, 9.17) is 0 Å². The van der Waals surface area contributed by atoms with Gasteiger partial charge in [-0.05, 0) is 29.7 Å². The SMILES string of the molecule is CC(=O)Nc1ccc2c(O)cccc2c1. The van der Waals surface area contributed by atoms with Crippen molar-refractivity contribution in [1.29, 1.82) is 0 Å². The molecule has 0 aromatic heterocycles. The lowest BCUT2D eigenvalue weighted by Crippen LogP contribution is -2.05. The van der Waals surface area contributed by atoms with Gasteiger partial charge in [0.1, 0.15) is 5.75 Å². The standard InChI is InChI=1S/C12H11NO2/c1-8(14)13-10-5-6-11-9(7-10)3-2-4-12(11)15/h2-7,15H,1H3,(H,13,14). The second-order valence-electron chi connectivity index (χ2n) is 3.39. The third-order valence-corrected chi connectivity index (χ3v) is 2.18. The molecule has 0 radical (unpaired) electrons. The molecular formula is C12H11NO2. The number of nitrogens with one attached hydrogen (secondary N) is 1. The first kappa shape index (κ1) is 9.52. The van der Waals surface area contributed by atoms with Gasteiger partial charge in [0.2, 0.25) is 5.91 Å². The van der Waals surface area contributed by atoms with Crippen molar-refractivity contribution in [3.8, 4) is 5.75 Å². The van der Waals surface area contributed by atoms with E-state index in [-0.39, 0.29) is 11.7 Å². The minimum atomic E-state index is -0.102. The molecule has 3 heteroatoms. The molecule has 15 heavy (non-hydrogen) atoms. The monoisotopic (exact) mass is 201 g/mol. The van der Waals surface area contributed by atoms with Gasteiger partial charge >= 0.3 is 0 Å². The summed E-state index contributed by atoms with van der Waals surface area (Å²) < 4.78 is 0. The van der Waals surface area contributed by atoms with Gasteiger partial charge in [-0.3, -0.25) is 4.79 Å². The summed E-state index contributed by atoms with van der Waals surface area (Å²) in [5.41, 5.74) is 0.737. The number of carbonyl (C=O) groups excluding carboxylic acids is 1. The second kappa shape index (κ2) is 3.61. The first-order chi connectivity index (χ1) is 7.16. The molecule has 0 heterocycles. The van der Waals surface area contributed by atoms with E-state index in [0.29, 0.717) is 0 Å². The van der Waals surface area contributed by atoms with E-state index < -0.39 is 0 Å². The molecular weight excluding hydrogens is 190 g/mol. The molecule has 0 aliphatic rings. The smallest absolute Gasteiger partial charge is 0.221 e. The maximum atomic E-state index is 10.9. The fourth-order valence-corrected chi connectivity index (χ4v) is 1.55. The molecule has 0 bridgehead atoms. The number of hydrogen-bond acceptors (Lipinski definition) is 2. The maximum absolute atomic E-state index is 10.9. The van der Waals surface area contributed by atoms with Crippen LogP contribution >= 0.6 is 0 Å². The lowest BCUT2D eigenvalue weighted by molar-refractivity contribution is -0.114. The Bertz CT molecular complexity index is 520. The predicted molar refractivity (Wildman–Crippen MR) is 59.9 cm³/mol. The summed E-state index contributed by atoms with van der Waals surface area (Å²) >= 11 is 0. The van der Waals surface area contributed by atoms with Crippen molar-refractivity contribution in [1.82, 2.24) is 0 Å². The van der Waals surface area contributed by atoms with E-state index >= 15 is 0 Å². The first-order valence-electron chi connectivity index (χ1n) is 4.66. The molecule has 2 aromatic carbocycles. The molecule has 2 aromatic rings. The Hall–Kier alpha value is -2.03. The lowest BCUT2D eigenvalue weighted by Gasteiger charge is -2.05. The zero-order chi connectivity index (χ0) is 10.8. The van der Waals surface area contributed by atoms with E-state index in [1.807, 2.05) is 12.1 Å². The highest BCUT2D eigenvalue weighted by molar-refractivity contribution is 5.95. The molecule has 0 aliphatic heterocycles. The zero-order valence-corrected chi connectivity index (χ0v) is 8.32. The summed E-state index contributed by atoms with van der Waals surface area (Å²) in [6, 6.07) is 10.7. The Kier molecular flexibility index (Phi) is 2.29. The average molecular weight is 201 g/mol. The summed E-state index contributed by atoms with van der Waals surface area (Å²) in [6.45, 7) is 1.46. The molecule has 0 saturated carbocycles. The van der Waals surface area contributed by atoms with Gasteiger partial charge < -0.3 is 10.4 Å². The van der Waals surface area contributed by atoms with Gasteiger partial charge in [-0.1, -0.05) is 12.1 Å². The predicted octanol–water partition coefficient (Wildman–Crippen LogP) is 2.50. The van der Waals surface area contributed by atoms with Crippen LogP contribution in [0.4, 0.5) is 5.69 Å². The number of phenolic OH excluding ortho intramolecular Hbond substituents is 1. The van der Waals surface area contributed by atoms with Crippen LogP contribution in [0.3, 0.4) is 0 Å². The third-order valence-electron chi connectivity index (χ3n) is 2.18. The van der Waals surface area contributed by atoms with Crippen molar-refractivity contribution in [2.45, 2.75) is 6.92 Å². The zero-order valence-electron chi connectivity index (χ0n) is 8.32. The topological polar surface area (TPSA) is 49.3 Å². The van der Waals surface area contributed by atoms with Gasteiger partial charge in [0, 0.05) is 18.0 Å². The number of phenols is 1. The number of hydrogen-bond donors (Lipinski definition) is 2. The Morgan fingerprint density at radius 1 is 1.27 bits per heavy atom. The largest absolute Gasteiger partial charge is 0.507 e. The van der Waals surface area contributed by atoms with Gasteiger partial charge in [-0.15, -0.1) is 0 Å². The summed E-state index contributed by atoms with van der Waals surface area (Å²) in [4.78, 5) is 10.9. The van der Waals surface area contributed by atoms with Gasteiger partial charge in [0.15, 0.2) is 0 Å². The molecule has 0 aliphatic carbocycles. The van der Waals surface area contributed by atoms with Crippen molar-refractivity contribution in [3.63, 3.8) is 0 Å². The fraction of sp³-hybridized carbons (Fsp3) is 0.0833. The Morgan fingerprint density at radius 3 is 2.80 bits per heavy atom. The van der Waals surface area contributed by atoms with Crippen LogP contribution in [0.1, 0.15) is 6.92 Å². The maximum Gasteiger partial charge on any atom is 0.221 e. The van der Waals surface area contributed by atoms with Crippen LogP contribution in [0.15, 0.2) is 36.4 Å². The highest BCUT2D eigenvalue weighted by Crippen LogP contribution is 2.26. The van der Waals surface area contributed by atoms with Crippen LogP contribution in [0.25, 0.3) is 10.8 Å². The van der Waals surface area contributed by atoms with E-state index in [1.165, 1.54) is 6.92 Å². The highest BCUT2D eigenvalue weighted by atomic mass is 16.3. The van der Waals surface area contributed by atoms with E-state index in [2.05, 4.69) is 5.32 Å². The second-order valence-corrected chi connectivity index (χ2v) is 3.39. The van der Waals surface area contributed by atoms with Crippen LogP contribution in [0, 0.1) is 0 Å². The van der Waals surface area contributed by atoms with E-state index in [9.17, 15) is 9.90 Å². The van der Waals surface area contributed by atoms with Crippen LogP contribution in [-0.4, -0.2) is 11.0 Å². The molecule has 0 saturated heterocycles. The lowest BCUT2D eigenvalue weighted by atomic mass is 10.1. The normalized spacial score (nSPS) is 10.2. The number of aromatic hydroxyl groups is 1. The molecule has 0 fully saturated rings. The van der Waals surface area contributed by atoms with Gasteiger partial charge in [-0.25, -0.2) is 0 Å². The first-order valence-corrected chi connectivity index (χ1v) is 4.66. The minimum absolute atomic E-state index is 0.102. The number of amides is 1. The van der Waals surface area contributed by atoms with Gasteiger partial charge in [-0.2, -0.15) is 0 Å².